The maximum absolute atomic E-state index is 6.81. The summed E-state index contributed by atoms with van der Waals surface area (Å²) in [5, 5.41) is 2.16. The molecule has 0 unspecified atom stereocenters. The second kappa shape index (κ2) is 7.97. The molecule has 0 fully saturated rings. The number of ether oxygens (including phenoxy) is 2. The van der Waals surface area contributed by atoms with Gasteiger partial charge in [-0.1, -0.05) is 56.7 Å². The Kier molecular flexibility index (Phi) is 6.30. The first-order valence-electron chi connectivity index (χ1n) is 9.51. The van der Waals surface area contributed by atoms with Crippen LogP contribution in [0.15, 0.2) is 35.9 Å². The molecule has 0 amide bonds. The zero-order chi connectivity index (χ0) is 20.4. The standard InChI is InChI=1S/C23H34O3Si/c1-16(2)14-15-19-20(24-6)17-12-10-11-13-18(17)21(25-7)22(19)26-27(8,9)23(3,4)5/h10-14H,15H2,1-9H3. The van der Waals surface area contributed by atoms with Crippen LogP contribution < -0.4 is 13.9 Å². The van der Waals surface area contributed by atoms with E-state index in [4.69, 9.17) is 13.9 Å². The summed E-state index contributed by atoms with van der Waals surface area (Å²) in [6.07, 6.45) is 2.96. The lowest BCUT2D eigenvalue weighted by molar-refractivity contribution is 0.380. The number of fused-ring (bicyclic) bond motifs is 1. The smallest absolute Gasteiger partial charge is 0.250 e. The Morgan fingerprint density at radius 1 is 0.926 bits per heavy atom. The number of benzene rings is 2. The summed E-state index contributed by atoms with van der Waals surface area (Å²) >= 11 is 0. The molecule has 0 N–H and O–H groups in total. The van der Waals surface area contributed by atoms with Crippen molar-refractivity contribution >= 4 is 19.1 Å². The van der Waals surface area contributed by atoms with Gasteiger partial charge in [0.15, 0.2) is 11.5 Å². The van der Waals surface area contributed by atoms with Crippen LogP contribution in [0.5, 0.6) is 17.2 Å². The lowest BCUT2D eigenvalue weighted by atomic mass is 10.00. The first-order chi connectivity index (χ1) is 12.5. The number of allylic oxidation sites excluding steroid dienone is 2. The van der Waals surface area contributed by atoms with Gasteiger partial charge in [0.25, 0.3) is 8.32 Å². The molecule has 0 atom stereocenters. The minimum atomic E-state index is -2.06. The van der Waals surface area contributed by atoms with Gasteiger partial charge in [-0.15, -0.1) is 0 Å². The van der Waals surface area contributed by atoms with E-state index >= 15 is 0 Å². The number of hydrogen-bond acceptors (Lipinski definition) is 3. The molecular weight excluding hydrogens is 352 g/mol. The van der Waals surface area contributed by atoms with Crippen LogP contribution in [-0.4, -0.2) is 22.5 Å². The van der Waals surface area contributed by atoms with E-state index in [2.05, 4.69) is 65.9 Å². The van der Waals surface area contributed by atoms with Gasteiger partial charge >= 0.3 is 0 Å². The molecule has 2 aromatic rings. The first-order valence-corrected chi connectivity index (χ1v) is 12.4. The second-order valence-electron chi connectivity index (χ2n) is 8.77. The maximum Gasteiger partial charge on any atom is 0.250 e. The van der Waals surface area contributed by atoms with Crippen LogP contribution in [0.3, 0.4) is 0 Å². The highest BCUT2D eigenvalue weighted by Gasteiger charge is 2.40. The highest BCUT2D eigenvalue weighted by Crippen LogP contribution is 2.49. The summed E-state index contributed by atoms with van der Waals surface area (Å²) in [5.41, 5.74) is 2.32. The van der Waals surface area contributed by atoms with Crippen molar-refractivity contribution in [2.24, 2.45) is 0 Å². The van der Waals surface area contributed by atoms with Crippen LogP contribution in [0.2, 0.25) is 18.1 Å². The molecular formula is C23H34O3Si. The maximum atomic E-state index is 6.81. The average molecular weight is 387 g/mol. The first kappa shape index (κ1) is 21.4. The molecule has 0 bridgehead atoms. The van der Waals surface area contributed by atoms with Crippen molar-refractivity contribution in [1.29, 1.82) is 0 Å². The van der Waals surface area contributed by atoms with Crippen LogP contribution in [-0.2, 0) is 6.42 Å². The summed E-state index contributed by atoms with van der Waals surface area (Å²) in [6, 6.07) is 8.21. The van der Waals surface area contributed by atoms with E-state index in [1.54, 1.807) is 14.2 Å². The third-order valence-electron chi connectivity index (χ3n) is 5.46. The second-order valence-corrected chi connectivity index (χ2v) is 13.5. The van der Waals surface area contributed by atoms with Crippen LogP contribution in [0.25, 0.3) is 10.8 Å². The number of hydrogen-bond donors (Lipinski definition) is 0. The van der Waals surface area contributed by atoms with Crippen LogP contribution in [0.4, 0.5) is 0 Å². The van der Waals surface area contributed by atoms with Crippen LogP contribution >= 0.6 is 0 Å². The van der Waals surface area contributed by atoms with Crippen molar-refractivity contribution in [3.8, 4) is 17.2 Å². The average Bonchev–Trinajstić information content (AvgIpc) is 2.58. The van der Waals surface area contributed by atoms with Crippen LogP contribution in [0.1, 0.15) is 40.2 Å². The molecule has 0 aliphatic carbocycles. The topological polar surface area (TPSA) is 27.7 Å². The van der Waals surface area contributed by atoms with Gasteiger partial charge in [-0.2, -0.15) is 0 Å². The van der Waals surface area contributed by atoms with E-state index < -0.39 is 8.32 Å². The normalized spacial score (nSPS) is 12.0. The van der Waals surface area contributed by atoms with Gasteiger partial charge in [0.05, 0.1) is 14.2 Å². The Labute approximate surface area is 165 Å². The predicted molar refractivity (Wildman–Crippen MR) is 118 cm³/mol. The minimum Gasteiger partial charge on any atom is -0.541 e. The molecule has 0 aliphatic rings. The predicted octanol–water partition coefficient (Wildman–Crippen LogP) is 6.75. The van der Waals surface area contributed by atoms with Gasteiger partial charge in [-0.05, 0) is 38.4 Å². The Morgan fingerprint density at radius 3 is 1.89 bits per heavy atom. The Hall–Kier alpha value is -1.94. The molecule has 3 nitrogen and oxygen atoms in total. The molecule has 0 radical (unpaired) electrons. The van der Waals surface area contributed by atoms with Crippen molar-refractivity contribution in [2.45, 2.75) is 59.2 Å². The van der Waals surface area contributed by atoms with Gasteiger partial charge in [-0.25, -0.2) is 0 Å². The van der Waals surface area contributed by atoms with E-state index in [1.165, 1.54) is 5.57 Å². The third-order valence-corrected chi connectivity index (χ3v) is 9.78. The summed E-state index contributed by atoms with van der Waals surface area (Å²) in [6.45, 7) is 15.5. The molecule has 0 heterocycles. The van der Waals surface area contributed by atoms with E-state index in [9.17, 15) is 0 Å². The molecule has 0 saturated heterocycles. The fraction of sp³-hybridized carbons (Fsp3) is 0.478. The Balaban J connectivity index is 2.85. The van der Waals surface area contributed by atoms with Gasteiger partial charge in [0, 0.05) is 16.3 Å². The third kappa shape index (κ3) is 4.32. The fourth-order valence-corrected chi connectivity index (χ4v) is 3.88. The lowest BCUT2D eigenvalue weighted by Crippen LogP contribution is -2.44. The minimum absolute atomic E-state index is 0.0880. The van der Waals surface area contributed by atoms with Crippen LogP contribution in [0, 0.1) is 0 Å². The molecule has 0 aromatic heterocycles. The lowest BCUT2D eigenvalue weighted by Gasteiger charge is -2.38. The quantitative estimate of drug-likeness (QED) is 0.406. The van der Waals surface area contributed by atoms with Crippen molar-refractivity contribution in [2.75, 3.05) is 14.2 Å². The van der Waals surface area contributed by atoms with Crippen molar-refractivity contribution in [3.05, 3.63) is 41.5 Å². The molecule has 27 heavy (non-hydrogen) atoms. The monoisotopic (exact) mass is 386 g/mol. The van der Waals surface area contributed by atoms with Crippen molar-refractivity contribution < 1.29 is 13.9 Å². The summed E-state index contributed by atoms with van der Waals surface area (Å²) in [5.74, 6) is 2.50. The SMILES string of the molecule is COc1c(CC=C(C)C)c(O[Si](C)(C)C(C)(C)C)c(OC)c2ccccc12. The number of methoxy groups -OCH3 is 2. The Bertz CT molecular complexity index is 841. The number of rotatable bonds is 6. The molecule has 4 heteroatoms. The van der Waals surface area contributed by atoms with Gasteiger partial charge in [-0.3, -0.25) is 0 Å². The molecule has 148 valence electrons. The fourth-order valence-electron chi connectivity index (χ4n) is 2.85. The van der Waals surface area contributed by atoms with E-state index in [0.717, 1.165) is 40.0 Å². The summed E-state index contributed by atoms with van der Waals surface area (Å²) < 4.78 is 18.6. The summed E-state index contributed by atoms with van der Waals surface area (Å²) in [7, 11) is 1.39. The largest absolute Gasteiger partial charge is 0.541 e. The van der Waals surface area contributed by atoms with Crippen molar-refractivity contribution in [1.82, 2.24) is 0 Å². The molecule has 0 spiro atoms. The van der Waals surface area contributed by atoms with Gasteiger partial charge < -0.3 is 13.9 Å². The van der Waals surface area contributed by atoms with E-state index in [0.29, 0.717) is 0 Å². The van der Waals surface area contributed by atoms with Crippen molar-refractivity contribution in [3.63, 3.8) is 0 Å². The molecule has 2 rings (SSSR count). The molecule has 0 aliphatic heterocycles. The van der Waals surface area contributed by atoms with E-state index in [1.807, 2.05) is 12.1 Å². The highest BCUT2D eigenvalue weighted by atomic mass is 28.4. The summed E-state index contributed by atoms with van der Waals surface area (Å²) in [4.78, 5) is 0. The zero-order valence-electron chi connectivity index (χ0n) is 18.3. The zero-order valence-corrected chi connectivity index (χ0v) is 19.3. The Morgan fingerprint density at radius 2 is 1.44 bits per heavy atom. The molecule has 0 saturated carbocycles. The van der Waals surface area contributed by atoms with Gasteiger partial charge in [0.2, 0.25) is 0 Å². The highest BCUT2D eigenvalue weighted by molar-refractivity contribution is 6.74. The van der Waals surface area contributed by atoms with E-state index in [-0.39, 0.29) is 5.04 Å². The van der Waals surface area contributed by atoms with Gasteiger partial charge in [0.1, 0.15) is 5.75 Å². The molecule has 2 aromatic carbocycles.